The highest BCUT2D eigenvalue weighted by Gasteiger charge is 2.35. The van der Waals surface area contributed by atoms with Crippen LogP contribution in [0.1, 0.15) is 24.0 Å². The van der Waals surface area contributed by atoms with Crippen molar-refractivity contribution < 1.29 is 54.2 Å². The molecule has 0 spiro atoms. The Balaban J connectivity index is 1.88. The molecule has 0 fully saturated rings. The van der Waals surface area contributed by atoms with Gasteiger partial charge in [0.15, 0.2) is 0 Å². The minimum absolute atomic E-state index is 0.140. The number of carbonyl (C=O) groups excluding carboxylic acids is 2. The molecule has 2 aromatic carbocycles. The van der Waals surface area contributed by atoms with Gasteiger partial charge in [0.2, 0.25) is 0 Å². The molecule has 0 heterocycles. The van der Waals surface area contributed by atoms with E-state index in [1.165, 1.54) is 0 Å². The third-order valence-electron chi connectivity index (χ3n) is 3.71. The van der Waals surface area contributed by atoms with Crippen LogP contribution in [0.2, 0.25) is 0 Å². The minimum Gasteiger partial charge on any atom is -0.427 e. The first-order valence-electron chi connectivity index (χ1n) is 8.60. The Morgan fingerprint density at radius 1 is 0.781 bits per heavy atom. The number of halogens is 8. The van der Waals surface area contributed by atoms with Crippen molar-refractivity contribution in [1.29, 1.82) is 0 Å². The van der Waals surface area contributed by atoms with Crippen LogP contribution in [-0.2, 0) is 21.9 Å². The van der Waals surface area contributed by atoms with Crippen LogP contribution in [-0.4, -0.2) is 11.9 Å². The van der Waals surface area contributed by atoms with Gasteiger partial charge in [0.05, 0.1) is 11.1 Å². The first kappa shape index (κ1) is 24.8. The maximum Gasteiger partial charge on any atom is 0.419 e. The molecule has 172 valence electrons. The van der Waals surface area contributed by atoms with Crippen molar-refractivity contribution in [3.8, 4) is 11.5 Å². The van der Waals surface area contributed by atoms with E-state index < -0.39 is 65.0 Å². The van der Waals surface area contributed by atoms with Gasteiger partial charge in [-0.15, -0.1) is 0 Å². The van der Waals surface area contributed by atoms with E-state index in [0.717, 1.165) is 24.3 Å². The number of allylic oxidation sites excluding steroid dienone is 1. The average molecular weight is 468 g/mol. The average Bonchev–Trinajstić information content (AvgIpc) is 2.66. The van der Waals surface area contributed by atoms with Crippen LogP contribution >= 0.6 is 0 Å². The summed E-state index contributed by atoms with van der Waals surface area (Å²) in [4.78, 5) is 23.3. The molecule has 0 bridgehead atoms. The molecule has 4 nitrogen and oxygen atoms in total. The van der Waals surface area contributed by atoms with Crippen molar-refractivity contribution in [2.24, 2.45) is 0 Å². The normalized spacial score (nSPS) is 12.1. The van der Waals surface area contributed by atoms with E-state index in [0.29, 0.717) is 24.3 Å². The van der Waals surface area contributed by atoms with Gasteiger partial charge in [0.25, 0.3) is 0 Å². The topological polar surface area (TPSA) is 52.6 Å². The fourth-order valence-corrected chi connectivity index (χ4v) is 2.28. The van der Waals surface area contributed by atoms with Crippen LogP contribution in [0.15, 0.2) is 48.6 Å². The van der Waals surface area contributed by atoms with E-state index in [2.05, 4.69) is 9.47 Å². The van der Waals surface area contributed by atoms with Crippen molar-refractivity contribution in [2.45, 2.75) is 25.2 Å². The molecule has 12 heteroatoms. The monoisotopic (exact) mass is 468 g/mol. The number of carbonyl (C=O) groups is 2. The summed E-state index contributed by atoms with van der Waals surface area (Å²) in [7, 11) is 0. The zero-order valence-corrected chi connectivity index (χ0v) is 15.7. The fraction of sp³-hybridized carbons (Fsp3) is 0.200. The van der Waals surface area contributed by atoms with Gasteiger partial charge in [-0.25, -0.2) is 13.6 Å². The Hall–Kier alpha value is -3.44. The minimum atomic E-state index is -4.99. The van der Waals surface area contributed by atoms with E-state index in [-0.39, 0.29) is 6.42 Å². The van der Waals surface area contributed by atoms with E-state index in [1.807, 2.05) is 0 Å². The highest BCUT2D eigenvalue weighted by Crippen LogP contribution is 2.34. The van der Waals surface area contributed by atoms with E-state index in [1.54, 1.807) is 0 Å². The molecule has 0 saturated heterocycles. The lowest BCUT2D eigenvalue weighted by Crippen LogP contribution is -2.11. The molecule has 0 N–H and O–H groups in total. The van der Waals surface area contributed by atoms with Gasteiger partial charge in [0.1, 0.15) is 23.1 Å². The second kappa shape index (κ2) is 9.79. The Morgan fingerprint density at radius 3 is 1.72 bits per heavy atom. The molecule has 0 atom stereocenters. The number of esters is 2. The highest BCUT2D eigenvalue weighted by atomic mass is 19.4. The van der Waals surface area contributed by atoms with E-state index in [9.17, 15) is 44.7 Å². The number of ether oxygens (including phenoxy) is 2. The largest absolute Gasteiger partial charge is 0.427 e. The number of rotatable bonds is 6. The second-order valence-electron chi connectivity index (χ2n) is 6.12. The molecule has 0 aliphatic rings. The predicted molar refractivity (Wildman–Crippen MR) is 92.4 cm³/mol. The third-order valence-corrected chi connectivity index (χ3v) is 3.71. The third kappa shape index (κ3) is 7.06. The molecule has 0 radical (unpaired) electrons. The molecule has 0 aromatic heterocycles. The van der Waals surface area contributed by atoms with Gasteiger partial charge in [-0.1, -0.05) is 6.08 Å². The zero-order valence-electron chi connectivity index (χ0n) is 15.7. The highest BCUT2D eigenvalue weighted by molar-refractivity contribution is 5.84. The summed E-state index contributed by atoms with van der Waals surface area (Å²) in [5.74, 6) is -6.30. The fourth-order valence-electron chi connectivity index (χ4n) is 2.28. The summed E-state index contributed by atoms with van der Waals surface area (Å²) in [5, 5.41) is 0. The second-order valence-corrected chi connectivity index (χ2v) is 6.12. The van der Waals surface area contributed by atoms with Crippen LogP contribution in [0, 0.1) is 11.6 Å². The van der Waals surface area contributed by atoms with Crippen LogP contribution in [0.5, 0.6) is 11.5 Å². The number of hydrogen-bond acceptors (Lipinski definition) is 4. The SMILES string of the molecule is O=C(/C=C/CCC(=O)Oc1ccc(F)c(C(F)(F)F)c1)Oc1ccc(F)c(C(F)(F)F)c1. The zero-order chi connectivity index (χ0) is 24.1. The summed E-state index contributed by atoms with van der Waals surface area (Å²) >= 11 is 0. The summed E-state index contributed by atoms with van der Waals surface area (Å²) in [6.45, 7) is 0. The smallest absolute Gasteiger partial charge is 0.419 e. The van der Waals surface area contributed by atoms with Crippen LogP contribution in [0.3, 0.4) is 0 Å². The van der Waals surface area contributed by atoms with Gasteiger partial charge in [-0.05, 0) is 42.8 Å². The van der Waals surface area contributed by atoms with Crippen molar-refractivity contribution in [1.82, 2.24) is 0 Å². The molecule has 2 rings (SSSR count). The standard InChI is InChI=1S/C20H12F8O4/c21-15-7-5-11(9-13(15)19(23,24)25)31-17(29)3-1-2-4-18(30)32-12-6-8-16(22)14(10-12)20(26,27)28/h1,3,5-10H,2,4H2/b3-1+. The summed E-state index contributed by atoms with van der Waals surface area (Å²) < 4.78 is 111. The maximum atomic E-state index is 13.2. The lowest BCUT2D eigenvalue weighted by molar-refractivity contribution is -0.141. The van der Waals surface area contributed by atoms with Crippen molar-refractivity contribution in [2.75, 3.05) is 0 Å². The lowest BCUT2D eigenvalue weighted by Gasteiger charge is -2.10. The number of benzene rings is 2. The molecule has 0 aliphatic heterocycles. The molecule has 2 aromatic rings. The first-order chi connectivity index (χ1) is 14.8. The van der Waals surface area contributed by atoms with Crippen LogP contribution in [0.25, 0.3) is 0 Å². The Morgan fingerprint density at radius 2 is 1.25 bits per heavy atom. The Kier molecular flexibility index (Phi) is 7.60. The van der Waals surface area contributed by atoms with Crippen LogP contribution < -0.4 is 9.47 Å². The molecule has 0 unspecified atom stereocenters. The molecule has 0 saturated carbocycles. The van der Waals surface area contributed by atoms with Crippen molar-refractivity contribution >= 4 is 11.9 Å². The van der Waals surface area contributed by atoms with Crippen molar-refractivity contribution in [3.63, 3.8) is 0 Å². The van der Waals surface area contributed by atoms with Crippen molar-refractivity contribution in [3.05, 3.63) is 71.3 Å². The summed E-state index contributed by atoms with van der Waals surface area (Å²) in [6, 6.07) is 3.22. The number of alkyl halides is 6. The molecule has 0 aliphatic carbocycles. The first-order valence-corrected chi connectivity index (χ1v) is 8.60. The quantitative estimate of drug-likeness (QED) is 0.231. The molecular formula is C20H12F8O4. The molecule has 32 heavy (non-hydrogen) atoms. The van der Waals surface area contributed by atoms with Crippen LogP contribution in [0.4, 0.5) is 35.1 Å². The van der Waals surface area contributed by atoms with E-state index in [4.69, 9.17) is 0 Å². The van der Waals surface area contributed by atoms with E-state index >= 15 is 0 Å². The molecule has 0 amide bonds. The predicted octanol–water partition coefficient (Wildman–Crippen LogP) is 5.85. The van der Waals surface area contributed by atoms with Gasteiger partial charge >= 0.3 is 24.3 Å². The van der Waals surface area contributed by atoms with Gasteiger partial charge in [-0.3, -0.25) is 4.79 Å². The Labute approximate surface area is 175 Å². The number of hydrogen-bond donors (Lipinski definition) is 0. The lowest BCUT2D eigenvalue weighted by atomic mass is 10.2. The Bertz CT molecular complexity index is 1030. The van der Waals surface area contributed by atoms with Gasteiger partial charge < -0.3 is 9.47 Å². The summed E-state index contributed by atoms with van der Waals surface area (Å²) in [6.07, 6.45) is -8.63. The van der Waals surface area contributed by atoms with Gasteiger partial charge in [0, 0.05) is 12.5 Å². The molecular weight excluding hydrogens is 456 g/mol. The maximum absolute atomic E-state index is 13.2. The summed E-state index contributed by atoms with van der Waals surface area (Å²) in [5.41, 5.74) is -3.23. The van der Waals surface area contributed by atoms with Gasteiger partial charge in [-0.2, -0.15) is 26.3 Å².